The van der Waals surface area contributed by atoms with Gasteiger partial charge in [-0.25, -0.2) is 4.99 Å². The first kappa shape index (κ1) is 23.3. The highest BCUT2D eigenvalue weighted by Gasteiger charge is 2.27. The largest absolute Gasteiger partial charge is 0.497 e. The number of carbonyl (C=O) groups is 1. The van der Waals surface area contributed by atoms with Crippen LogP contribution in [0.4, 0.5) is 5.69 Å². The normalized spacial score (nSPS) is 18.2. The molecule has 6 heteroatoms. The molecular formula is C27H36N4O2. The number of rotatable bonds is 5. The van der Waals surface area contributed by atoms with E-state index in [0.717, 1.165) is 38.3 Å². The minimum absolute atomic E-state index is 0.172. The van der Waals surface area contributed by atoms with Crippen LogP contribution in [0.5, 0.6) is 5.75 Å². The van der Waals surface area contributed by atoms with Gasteiger partial charge in [-0.3, -0.25) is 15.0 Å². The van der Waals surface area contributed by atoms with Gasteiger partial charge in [0.1, 0.15) is 5.75 Å². The third-order valence-corrected chi connectivity index (χ3v) is 6.82. The Morgan fingerprint density at radius 2 is 1.79 bits per heavy atom. The summed E-state index contributed by atoms with van der Waals surface area (Å²) in [6.07, 6.45) is 7.66. The van der Waals surface area contributed by atoms with Crippen molar-refractivity contribution in [2.24, 2.45) is 4.99 Å². The molecule has 4 rings (SSSR count). The lowest BCUT2D eigenvalue weighted by atomic mass is 9.94. The first-order chi connectivity index (χ1) is 16.2. The molecule has 1 aliphatic carbocycles. The topological polar surface area (TPSA) is 57.2 Å². The molecule has 6 nitrogen and oxygen atoms in total. The van der Waals surface area contributed by atoms with Gasteiger partial charge in [-0.2, -0.15) is 0 Å². The van der Waals surface area contributed by atoms with Crippen molar-refractivity contribution in [3.8, 4) is 5.75 Å². The van der Waals surface area contributed by atoms with Crippen LogP contribution in [-0.4, -0.2) is 61.0 Å². The molecule has 2 aromatic carbocycles. The van der Waals surface area contributed by atoms with E-state index in [1.54, 1.807) is 19.2 Å². The average Bonchev–Trinajstić information content (AvgIpc) is 2.89. The van der Waals surface area contributed by atoms with E-state index in [1.807, 2.05) is 24.3 Å². The Morgan fingerprint density at radius 1 is 1.03 bits per heavy atom. The van der Waals surface area contributed by atoms with Gasteiger partial charge in [0, 0.05) is 37.8 Å². The standard InChI is InChI=1S/C27H36N4O2/c1-3-21-9-7-11-23(19-21)28-27(29-26(32)22-10-8-14-25(20-22)33-2)31-17-15-30(16-18-31)24-12-5-4-6-13-24/h7-11,14,19-20,24H,3-6,12-13,15-18H2,1-2H3,(H,28,29,32). The second-order valence-electron chi connectivity index (χ2n) is 8.96. The first-order valence-corrected chi connectivity index (χ1v) is 12.3. The number of methoxy groups -OCH3 is 1. The molecule has 1 saturated carbocycles. The molecule has 2 aliphatic rings. The van der Waals surface area contributed by atoms with Gasteiger partial charge in [-0.05, 0) is 55.2 Å². The maximum atomic E-state index is 13.1. The van der Waals surface area contributed by atoms with Crippen molar-refractivity contribution in [1.82, 2.24) is 15.1 Å². The zero-order valence-electron chi connectivity index (χ0n) is 19.9. The molecule has 176 valence electrons. The predicted octanol–water partition coefficient (Wildman–Crippen LogP) is 4.63. The Labute approximate surface area is 197 Å². The molecule has 1 saturated heterocycles. The maximum Gasteiger partial charge on any atom is 0.258 e. The molecule has 1 aliphatic heterocycles. The number of amides is 1. The van der Waals surface area contributed by atoms with Crippen LogP contribution in [0, 0.1) is 0 Å². The molecule has 2 fully saturated rings. The van der Waals surface area contributed by atoms with Gasteiger partial charge in [0.05, 0.1) is 12.8 Å². The summed E-state index contributed by atoms with van der Waals surface area (Å²) in [5, 5.41) is 3.10. The van der Waals surface area contributed by atoms with Crippen LogP contribution in [0.1, 0.15) is 54.9 Å². The number of ether oxygens (including phenoxy) is 1. The van der Waals surface area contributed by atoms with Crippen molar-refractivity contribution in [3.05, 3.63) is 59.7 Å². The number of piperazine rings is 1. The van der Waals surface area contributed by atoms with E-state index in [2.05, 4.69) is 34.2 Å². The molecule has 1 amide bonds. The number of aryl methyl sites for hydroxylation is 1. The van der Waals surface area contributed by atoms with E-state index < -0.39 is 0 Å². The number of hydrogen-bond donors (Lipinski definition) is 1. The first-order valence-electron chi connectivity index (χ1n) is 12.3. The van der Waals surface area contributed by atoms with E-state index in [9.17, 15) is 4.79 Å². The molecular weight excluding hydrogens is 412 g/mol. The van der Waals surface area contributed by atoms with Crippen LogP contribution < -0.4 is 10.1 Å². The molecule has 0 radical (unpaired) electrons. The van der Waals surface area contributed by atoms with Gasteiger partial charge in [0.2, 0.25) is 5.96 Å². The zero-order chi connectivity index (χ0) is 23.0. The lowest BCUT2D eigenvalue weighted by Crippen LogP contribution is -2.55. The van der Waals surface area contributed by atoms with Crippen molar-refractivity contribution in [2.75, 3.05) is 33.3 Å². The number of aliphatic imine (C=N–C) groups is 1. The van der Waals surface area contributed by atoms with Crippen LogP contribution in [0.3, 0.4) is 0 Å². The summed E-state index contributed by atoms with van der Waals surface area (Å²) in [7, 11) is 1.61. The smallest absolute Gasteiger partial charge is 0.258 e. The van der Waals surface area contributed by atoms with E-state index in [4.69, 9.17) is 9.73 Å². The summed E-state index contributed by atoms with van der Waals surface area (Å²) in [6.45, 7) is 5.88. The van der Waals surface area contributed by atoms with Crippen LogP contribution in [-0.2, 0) is 6.42 Å². The summed E-state index contributed by atoms with van der Waals surface area (Å²) in [6, 6.07) is 16.2. The van der Waals surface area contributed by atoms with Crippen molar-refractivity contribution in [2.45, 2.75) is 51.5 Å². The fourth-order valence-electron chi connectivity index (χ4n) is 4.83. The monoisotopic (exact) mass is 448 g/mol. The zero-order valence-corrected chi connectivity index (χ0v) is 19.9. The maximum absolute atomic E-state index is 13.1. The van der Waals surface area contributed by atoms with Gasteiger partial charge < -0.3 is 9.64 Å². The quantitative estimate of drug-likeness (QED) is 0.535. The third kappa shape index (κ3) is 6.14. The minimum atomic E-state index is -0.172. The minimum Gasteiger partial charge on any atom is -0.497 e. The van der Waals surface area contributed by atoms with Crippen molar-refractivity contribution < 1.29 is 9.53 Å². The van der Waals surface area contributed by atoms with Crippen molar-refractivity contribution in [3.63, 3.8) is 0 Å². The summed E-state index contributed by atoms with van der Waals surface area (Å²) in [5.74, 6) is 1.12. The highest BCUT2D eigenvalue weighted by atomic mass is 16.5. The van der Waals surface area contributed by atoms with Crippen LogP contribution in [0.15, 0.2) is 53.5 Å². The van der Waals surface area contributed by atoms with E-state index in [-0.39, 0.29) is 5.91 Å². The van der Waals surface area contributed by atoms with Gasteiger partial charge in [0.25, 0.3) is 5.91 Å². The second kappa shape index (κ2) is 11.3. The highest BCUT2D eigenvalue weighted by molar-refractivity contribution is 6.06. The Bertz CT molecular complexity index is 960. The van der Waals surface area contributed by atoms with Gasteiger partial charge in [0.15, 0.2) is 0 Å². The van der Waals surface area contributed by atoms with E-state index in [0.29, 0.717) is 23.3 Å². The Balaban J connectivity index is 1.52. The number of hydrogen-bond acceptors (Lipinski definition) is 4. The Morgan fingerprint density at radius 3 is 2.52 bits per heavy atom. The molecule has 2 aromatic rings. The van der Waals surface area contributed by atoms with Crippen LogP contribution in [0.25, 0.3) is 0 Å². The number of nitrogens with one attached hydrogen (secondary N) is 1. The molecule has 0 atom stereocenters. The fraction of sp³-hybridized carbons (Fsp3) is 0.481. The molecule has 0 aromatic heterocycles. The molecule has 33 heavy (non-hydrogen) atoms. The number of nitrogens with zero attached hydrogens (tertiary/aromatic N) is 3. The fourth-order valence-corrected chi connectivity index (χ4v) is 4.83. The lowest BCUT2D eigenvalue weighted by molar-refractivity contribution is 0.0943. The second-order valence-corrected chi connectivity index (χ2v) is 8.96. The van der Waals surface area contributed by atoms with E-state index >= 15 is 0 Å². The van der Waals surface area contributed by atoms with Gasteiger partial charge in [-0.1, -0.05) is 44.4 Å². The number of carbonyl (C=O) groups excluding carboxylic acids is 1. The number of benzene rings is 2. The van der Waals surface area contributed by atoms with Crippen LogP contribution >= 0.6 is 0 Å². The summed E-state index contributed by atoms with van der Waals surface area (Å²) >= 11 is 0. The summed E-state index contributed by atoms with van der Waals surface area (Å²) in [4.78, 5) is 22.9. The molecule has 0 spiro atoms. The van der Waals surface area contributed by atoms with Crippen molar-refractivity contribution in [1.29, 1.82) is 0 Å². The molecule has 0 unspecified atom stereocenters. The van der Waals surface area contributed by atoms with Gasteiger partial charge >= 0.3 is 0 Å². The van der Waals surface area contributed by atoms with Crippen molar-refractivity contribution >= 4 is 17.6 Å². The Hall–Kier alpha value is -2.86. The molecule has 1 N–H and O–H groups in total. The molecule has 0 bridgehead atoms. The summed E-state index contributed by atoms with van der Waals surface area (Å²) in [5.41, 5.74) is 2.66. The Kier molecular flexibility index (Phi) is 8.00. The van der Waals surface area contributed by atoms with Crippen LogP contribution in [0.2, 0.25) is 0 Å². The molecule has 1 heterocycles. The van der Waals surface area contributed by atoms with Gasteiger partial charge in [-0.15, -0.1) is 0 Å². The highest BCUT2D eigenvalue weighted by Crippen LogP contribution is 2.24. The number of guanidine groups is 1. The lowest BCUT2D eigenvalue weighted by Gasteiger charge is -2.41. The average molecular weight is 449 g/mol. The SMILES string of the molecule is CCc1cccc(N=C(NC(=O)c2cccc(OC)c2)N2CCN(C3CCCCC3)CC2)c1. The summed E-state index contributed by atoms with van der Waals surface area (Å²) < 4.78 is 5.29. The third-order valence-electron chi connectivity index (χ3n) is 6.82. The predicted molar refractivity (Wildman–Crippen MR) is 133 cm³/mol. The van der Waals surface area contributed by atoms with E-state index in [1.165, 1.54) is 37.7 Å².